The van der Waals surface area contributed by atoms with Gasteiger partial charge in [-0.2, -0.15) is 0 Å². The Balaban J connectivity index is 0.00000220. The molecule has 0 bridgehead atoms. The number of rotatable bonds is 5. The minimum atomic E-state index is 0. The third-order valence-electron chi connectivity index (χ3n) is 3.88. The van der Waals surface area contributed by atoms with Crippen LogP contribution >= 0.6 is 24.0 Å². The molecule has 0 spiro atoms. The summed E-state index contributed by atoms with van der Waals surface area (Å²) in [5.41, 5.74) is 0.885. The van der Waals surface area contributed by atoms with E-state index in [0.717, 1.165) is 24.7 Å². The van der Waals surface area contributed by atoms with Crippen molar-refractivity contribution in [3.63, 3.8) is 0 Å². The molecule has 0 aromatic carbocycles. The number of guanidine groups is 1. The van der Waals surface area contributed by atoms with E-state index >= 15 is 0 Å². The predicted octanol–water partition coefficient (Wildman–Crippen LogP) is 1.78. The van der Waals surface area contributed by atoms with Crippen LogP contribution < -0.4 is 5.32 Å². The molecule has 1 N–H and O–H groups in total. The maximum atomic E-state index is 4.83. The monoisotopic (exact) mass is 407 g/mol. The van der Waals surface area contributed by atoms with Crippen molar-refractivity contribution in [2.24, 2.45) is 4.99 Å². The molecule has 1 aliphatic rings. The van der Waals surface area contributed by atoms with Gasteiger partial charge in [-0.15, -0.1) is 24.0 Å². The first kappa shape index (κ1) is 18.2. The van der Waals surface area contributed by atoms with Gasteiger partial charge in [-0.1, -0.05) is 12.1 Å². The molecule has 1 aromatic heterocycles. The summed E-state index contributed by atoms with van der Waals surface area (Å²) >= 11 is 0. The van der Waals surface area contributed by atoms with Crippen molar-refractivity contribution in [3.8, 4) is 0 Å². The molecule has 2 rings (SSSR count). The van der Waals surface area contributed by atoms with Crippen molar-refractivity contribution in [3.05, 3.63) is 18.0 Å². The van der Waals surface area contributed by atoms with Crippen molar-refractivity contribution in [1.29, 1.82) is 0 Å². The summed E-state index contributed by atoms with van der Waals surface area (Å²) in [6.45, 7) is 6.22. The predicted molar refractivity (Wildman–Crippen MR) is 95.0 cm³/mol. The average molecular weight is 407 g/mol. The van der Waals surface area contributed by atoms with Crippen LogP contribution in [0.15, 0.2) is 21.8 Å². The first-order valence-corrected chi connectivity index (χ1v) is 7.29. The second-order valence-corrected chi connectivity index (χ2v) is 5.20. The van der Waals surface area contributed by atoms with Gasteiger partial charge in [0.2, 0.25) is 0 Å². The summed E-state index contributed by atoms with van der Waals surface area (Å²) in [5, 5.41) is 7.20. The number of hydrogen-bond acceptors (Lipinski definition) is 4. The highest BCUT2D eigenvalue weighted by atomic mass is 127. The molecule has 1 unspecified atom stereocenters. The zero-order valence-corrected chi connectivity index (χ0v) is 15.4. The van der Waals surface area contributed by atoms with E-state index in [9.17, 15) is 0 Å². The summed E-state index contributed by atoms with van der Waals surface area (Å²) in [7, 11) is 3.90. The molecule has 21 heavy (non-hydrogen) atoms. The van der Waals surface area contributed by atoms with Gasteiger partial charge >= 0.3 is 0 Å². The van der Waals surface area contributed by atoms with Crippen LogP contribution in [0.2, 0.25) is 0 Å². The van der Waals surface area contributed by atoms with E-state index in [1.807, 2.05) is 13.1 Å². The van der Waals surface area contributed by atoms with Crippen LogP contribution in [0.3, 0.4) is 0 Å². The molecule has 2 heterocycles. The van der Waals surface area contributed by atoms with Gasteiger partial charge in [-0.05, 0) is 25.9 Å². The fourth-order valence-corrected chi connectivity index (χ4v) is 2.80. The Morgan fingerprint density at radius 3 is 3.05 bits per heavy atom. The summed E-state index contributed by atoms with van der Waals surface area (Å²) in [5.74, 6) is 0.899. The first-order chi connectivity index (χ1) is 9.74. The number of likely N-dealkylation sites (tertiary alicyclic amines) is 1. The smallest absolute Gasteiger partial charge is 0.193 e. The number of halogens is 1. The van der Waals surface area contributed by atoms with Gasteiger partial charge in [0.25, 0.3) is 0 Å². The van der Waals surface area contributed by atoms with E-state index in [4.69, 9.17) is 4.52 Å². The lowest BCUT2D eigenvalue weighted by Gasteiger charge is -2.29. The van der Waals surface area contributed by atoms with Crippen molar-refractivity contribution >= 4 is 29.9 Å². The highest BCUT2D eigenvalue weighted by Crippen LogP contribution is 2.17. The van der Waals surface area contributed by atoms with E-state index in [1.165, 1.54) is 19.4 Å². The van der Waals surface area contributed by atoms with E-state index in [-0.39, 0.29) is 24.0 Å². The lowest BCUT2D eigenvalue weighted by molar-refractivity contribution is 0.232. The number of nitrogens with one attached hydrogen (secondary N) is 1. The van der Waals surface area contributed by atoms with Crippen LogP contribution in [-0.2, 0) is 6.54 Å². The maximum absolute atomic E-state index is 4.83. The molecule has 7 heteroatoms. The average Bonchev–Trinajstić information content (AvgIpc) is 3.10. The van der Waals surface area contributed by atoms with Crippen LogP contribution in [0.4, 0.5) is 0 Å². The molecule has 0 radical (unpaired) electrons. The Morgan fingerprint density at radius 1 is 1.62 bits per heavy atom. The molecule has 6 nitrogen and oxygen atoms in total. The quantitative estimate of drug-likeness (QED) is 0.458. The second-order valence-electron chi connectivity index (χ2n) is 5.20. The van der Waals surface area contributed by atoms with Gasteiger partial charge in [-0.25, -0.2) is 0 Å². The molecule has 1 aliphatic heterocycles. The van der Waals surface area contributed by atoms with E-state index in [2.05, 4.69) is 39.2 Å². The number of aliphatic imine (C=N–C) groups is 1. The zero-order valence-electron chi connectivity index (χ0n) is 13.1. The van der Waals surface area contributed by atoms with E-state index in [0.29, 0.717) is 12.6 Å². The fraction of sp³-hybridized carbons (Fsp3) is 0.714. The number of nitrogens with zero attached hydrogens (tertiary/aromatic N) is 4. The van der Waals surface area contributed by atoms with Crippen molar-refractivity contribution in [1.82, 2.24) is 20.3 Å². The molecule has 1 aromatic rings. The zero-order chi connectivity index (χ0) is 14.4. The molecule has 120 valence electrons. The molecule has 0 saturated carbocycles. The lowest BCUT2D eigenvalue weighted by atomic mass is 10.2. The molecule has 1 fully saturated rings. The summed E-state index contributed by atoms with van der Waals surface area (Å²) in [4.78, 5) is 9.07. The van der Waals surface area contributed by atoms with Crippen LogP contribution in [0.25, 0.3) is 0 Å². The lowest BCUT2D eigenvalue weighted by Crippen LogP contribution is -2.45. The Labute approximate surface area is 144 Å². The normalized spacial score (nSPS) is 19.4. The Bertz CT molecular complexity index is 423. The van der Waals surface area contributed by atoms with E-state index in [1.54, 1.807) is 6.26 Å². The molecule has 1 atom stereocenters. The van der Waals surface area contributed by atoms with Crippen LogP contribution in [0.1, 0.15) is 25.5 Å². The largest absolute Gasteiger partial charge is 0.364 e. The fourth-order valence-electron chi connectivity index (χ4n) is 2.80. The minimum absolute atomic E-state index is 0. The second kappa shape index (κ2) is 9.24. The number of hydrogen-bond donors (Lipinski definition) is 1. The van der Waals surface area contributed by atoms with Crippen molar-refractivity contribution in [2.45, 2.75) is 32.4 Å². The SMILES string of the molecule is CCN1CCCC1CN(C)C(=NC)NCc1ccon1.I. The maximum Gasteiger partial charge on any atom is 0.193 e. The summed E-state index contributed by atoms with van der Waals surface area (Å²) in [6, 6.07) is 2.49. The summed E-state index contributed by atoms with van der Waals surface area (Å²) < 4.78 is 4.83. The van der Waals surface area contributed by atoms with Gasteiger partial charge in [0, 0.05) is 32.7 Å². The van der Waals surface area contributed by atoms with Crippen LogP contribution in [0, 0.1) is 0 Å². The Kier molecular flexibility index (Phi) is 8.02. The number of likely N-dealkylation sites (N-methyl/N-ethyl adjacent to an activating group) is 2. The summed E-state index contributed by atoms with van der Waals surface area (Å²) in [6.07, 6.45) is 4.16. The number of aromatic nitrogens is 1. The first-order valence-electron chi connectivity index (χ1n) is 7.29. The molecular weight excluding hydrogens is 381 g/mol. The molecular formula is C14H26IN5O. The van der Waals surface area contributed by atoms with Crippen LogP contribution in [0.5, 0.6) is 0 Å². The molecule has 1 saturated heterocycles. The van der Waals surface area contributed by atoms with E-state index < -0.39 is 0 Å². The molecule has 0 amide bonds. The van der Waals surface area contributed by atoms with Crippen LogP contribution in [-0.4, -0.2) is 60.7 Å². The van der Waals surface area contributed by atoms with Gasteiger partial charge in [0.05, 0.1) is 6.54 Å². The van der Waals surface area contributed by atoms with Gasteiger partial charge in [0.1, 0.15) is 12.0 Å². The Morgan fingerprint density at radius 2 is 2.43 bits per heavy atom. The third kappa shape index (κ3) is 5.14. The van der Waals surface area contributed by atoms with Crippen molar-refractivity contribution in [2.75, 3.05) is 33.7 Å². The van der Waals surface area contributed by atoms with Gasteiger partial charge < -0.3 is 14.7 Å². The Hall–Kier alpha value is -0.830. The van der Waals surface area contributed by atoms with Gasteiger partial charge in [0.15, 0.2) is 5.96 Å². The molecule has 0 aliphatic carbocycles. The van der Waals surface area contributed by atoms with Gasteiger partial charge in [-0.3, -0.25) is 9.89 Å². The highest BCUT2D eigenvalue weighted by molar-refractivity contribution is 14.0. The topological polar surface area (TPSA) is 56.9 Å². The highest BCUT2D eigenvalue weighted by Gasteiger charge is 2.24. The minimum Gasteiger partial charge on any atom is -0.364 e. The third-order valence-corrected chi connectivity index (χ3v) is 3.88. The van der Waals surface area contributed by atoms with Crippen molar-refractivity contribution < 1.29 is 4.52 Å². The standard InChI is InChI=1S/C14H25N5O.HI/c1-4-19-8-5-6-13(19)11-18(3)14(15-2)16-10-12-7-9-20-17-12;/h7,9,13H,4-6,8,10-11H2,1-3H3,(H,15,16);1H.